The van der Waals surface area contributed by atoms with Crippen molar-refractivity contribution in [1.29, 1.82) is 0 Å². The van der Waals surface area contributed by atoms with Crippen molar-refractivity contribution < 1.29 is 28.5 Å². The van der Waals surface area contributed by atoms with Gasteiger partial charge in [-0.05, 0) is 37.1 Å². The van der Waals surface area contributed by atoms with Gasteiger partial charge in [0.2, 0.25) is 5.52 Å². The summed E-state index contributed by atoms with van der Waals surface area (Å²) in [6.45, 7) is 3.08. The molecule has 0 saturated carbocycles. The number of benzene rings is 1. The molecule has 0 atom stereocenters. The number of hydrogen-bond acceptors (Lipinski definition) is 2. The first-order valence-electron chi connectivity index (χ1n) is 4.62. The molecule has 0 radical (unpaired) electrons. The van der Waals surface area contributed by atoms with Crippen LogP contribution in [-0.4, -0.2) is 10.9 Å². The second-order valence-corrected chi connectivity index (χ2v) is 3.86. The molecule has 0 aliphatic heterocycles. The highest BCUT2D eigenvalue weighted by atomic mass is 127. The summed E-state index contributed by atoms with van der Waals surface area (Å²) in [5.41, 5.74) is 2.28. The van der Waals surface area contributed by atoms with Gasteiger partial charge in [-0.25, -0.2) is 4.57 Å². The van der Waals surface area contributed by atoms with Gasteiger partial charge in [-0.15, -0.1) is 4.68 Å². The average molecular weight is 335 g/mol. The van der Waals surface area contributed by atoms with E-state index in [1.165, 1.54) is 5.52 Å². The molecule has 0 spiro atoms. The van der Waals surface area contributed by atoms with E-state index in [1.54, 1.807) is 16.4 Å². The Morgan fingerprint density at radius 2 is 2.07 bits per heavy atom. The van der Waals surface area contributed by atoms with Crippen molar-refractivity contribution in [2.45, 2.75) is 18.6 Å². The van der Waals surface area contributed by atoms with Crippen LogP contribution in [0.25, 0.3) is 11.0 Å². The highest BCUT2D eigenvalue weighted by Crippen LogP contribution is 2.17. The number of hydrogen-bond donors (Lipinski definition) is 1. The molecule has 1 heterocycles. The highest BCUT2D eigenvalue weighted by molar-refractivity contribution is 7.98. The van der Waals surface area contributed by atoms with Crippen LogP contribution in [0.2, 0.25) is 0 Å². The summed E-state index contributed by atoms with van der Waals surface area (Å²) in [6, 6.07) is 8.19. The molecule has 0 saturated heterocycles. The maximum absolute atomic E-state index is 6.00. The average Bonchev–Trinajstić information content (AvgIpc) is 2.51. The summed E-state index contributed by atoms with van der Waals surface area (Å²) in [4.78, 5) is 0. The number of thioether (sulfide) groups is 1. The van der Waals surface area contributed by atoms with E-state index in [1.807, 2.05) is 24.5 Å². The van der Waals surface area contributed by atoms with Crippen molar-refractivity contribution in [1.82, 2.24) is 4.68 Å². The molecule has 2 N–H and O–H groups in total. The maximum Gasteiger partial charge on any atom is 0.342 e. The van der Waals surface area contributed by atoms with E-state index in [2.05, 4.69) is 17.6 Å². The molecule has 3 nitrogen and oxygen atoms in total. The fourth-order valence-corrected chi connectivity index (χ4v) is 2.49. The number of rotatable bonds is 2. The number of fused-ring (bicyclic) bond motifs is 1. The molecule has 0 fully saturated rings. The van der Waals surface area contributed by atoms with E-state index in [9.17, 15) is 0 Å². The molecule has 0 amide bonds. The third-order valence-electron chi connectivity index (χ3n) is 2.37. The number of para-hydroxylation sites is 2. The molecule has 0 unspecified atom stereocenters. The molecule has 0 aliphatic carbocycles. The van der Waals surface area contributed by atoms with Gasteiger partial charge in [0, 0.05) is 0 Å². The van der Waals surface area contributed by atoms with Gasteiger partial charge in [0.25, 0.3) is 0 Å². The summed E-state index contributed by atoms with van der Waals surface area (Å²) in [7, 11) is 0. The first kappa shape index (κ1) is 12.6. The van der Waals surface area contributed by atoms with Crippen LogP contribution in [0, 0.1) is 0 Å². The minimum Gasteiger partial charge on any atom is -1.00 e. The number of nitrogen functional groups attached to an aromatic ring is 1. The molecule has 15 heavy (non-hydrogen) atoms. The van der Waals surface area contributed by atoms with Gasteiger partial charge >= 0.3 is 5.16 Å². The number of aromatic nitrogens is 2. The predicted octanol–water partition coefficient (Wildman–Crippen LogP) is -1.61. The first-order chi connectivity index (χ1) is 6.79. The summed E-state index contributed by atoms with van der Waals surface area (Å²) < 4.78 is 3.98. The Bertz CT molecular complexity index is 467. The molecule has 2 aromatic rings. The molecule has 0 aliphatic rings. The van der Waals surface area contributed by atoms with Crippen LogP contribution < -0.4 is 34.4 Å². The lowest BCUT2D eigenvalue weighted by Crippen LogP contribution is -3.00. The van der Waals surface area contributed by atoms with Crippen LogP contribution in [0.3, 0.4) is 0 Å². The Labute approximate surface area is 111 Å². The fourth-order valence-electron chi connectivity index (χ4n) is 1.75. The summed E-state index contributed by atoms with van der Waals surface area (Å²) in [5, 5.41) is 1.09. The lowest BCUT2D eigenvalue weighted by Gasteiger charge is -1.94. The second-order valence-electron chi connectivity index (χ2n) is 3.09. The number of imidazole rings is 1. The van der Waals surface area contributed by atoms with E-state index < -0.39 is 0 Å². The Balaban J connectivity index is 0.00000112. The minimum absolute atomic E-state index is 0. The van der Waals surface area contributed by atoms with Gasteiger partial charge < -0.3 is 24.0 Å². The molecule has 2 rings (SSSR count). The maximum atomic E-state index is 6.00. The Morgan fingerprint density at radius 1 is 1.40 bits per heavy atom. The topological polar surface area (TPSA) is 34.8 Å². The number of nitrogens with zero attached hydrogens (tertiary/aromatic N) is 2. The minimum atomic E-state index is 0. The SMILES string of the molecule is CC[n+]1c(SC)n(N)c2ccccc21.[I-]. The smallest absolute Gasteiger partial charge is 0.342 e. The largest absolute Gasteiger partial charge is 1.00 e. The van der Waals surface area contributed by atoms with Crippen molar-refractivity contribution in [3.05, 3.63) is 24.3 Å². The third-order valence-corrected chi connectivity index (χ3v) is 3.15. The van der Waals surface area contributed by atoms with E-state index in [0.717, 1.165) is 17.2 Å². The molecule has 1 aromatic carbocycles. The van der Waals surface area contributed by atoms with Gasteiger partial charge in [0.15, 0.2) is 5.52 Å². The van der Waals surface area contributed by atoms with E-state index >= 15 is 0 Å². The summed E-state index contributed by atoms with van der Waals surface area (Å²) in [5.74, 6) is 6.00. The molecular weight excluding hydrogens is 321 g/mol. The third kappa shape index (κ3) is 1.94. The number of aryl methyl sites for hydroxylation is 1. The van der Waals surface area contributed by atoms with Gasteiger partial charge in [-0.3, -0.25) is 5.84 Å². The van der Waals surface area contributed by atoms with Crippen molar-refractivity contribution in [3.63, 3.8) is 0 Å². The monoisotopic (exact) mass is 335 g/mol. The standard InChI is InChI=1S/C10H14N3S.HI/c1-3-12-8-6-4-5-7-9(8)13(11)10(12)14-2;/h4-7H,3,11H2,1-2H3;1H/q+1;/p-1. The zero-order valence-corrected chi connectivity index (χ0v) is 11.7. The molecule has 0 bridgehead atoms. The first-order valence-corrected chi connectivity index (χ1v) is 5.84. The van der Waals surface area contributed by atoms with Gasteiger partial charge in [-0.2, -0.15) is 0 Å². The van der Waals surface area contributed by atoms with Gasteiger partial charge in [0.1, 0.15) is 0 Å². The summed E-state index contributed by atoms with van der Waals surface area (Å²) in [6.07, 6.45) is 2.05. The zero-order chi connectivity index (χ0) is 10.1. The molecular formula is C10H14IN3S. The van der Waals surface area contributed by atoms with Gasteiger partial charge in [0.05, 0.1) is 6.54 Å². The van der Waals surface area contributed by atoms with Crippen molar-refractivity contribution in [2.75, 3.05) is 12.1 Å². The van der Waals surface area contributed by atoms with Crippen LogP contribution in [0.15, 0.2) is 29.4 Å². The van der Waals surface area contributed by atoms with E-state index in [0.29, 0.717) is 0 Å². The number of halogens is 1. The Kier molecular flexibility index (Phi) is 4.27. The Morgan fingerprint density at radius 3 is 2.67 bits per heavy atom. The van der Waals surface area contributed by atoms with Crippen molar-refractivity contribution in [3.8, 4) is 0 Å². The van der Waals surface area contributed by atoms with Gasteiger partial charge in [-0.1, -0.05) is 12.1 Å². The molecule has 5 heteroatoms. The van der Waals surface area contributed by atoms with Crippen LogP contribution in [0.1, 0.15) is 6.92 Å². The Hall–Kier alpha value is -0.430. The summed E-state index contributed by atoms with van der Waals surface area (Å²) >= 11 is 1.67. The quantitative estimate of drug-likeness (QED) is 0.310. The van der Waals surface area contributed by atoms with Crippen molar-refractivity contribution in [2.24, 2.45) is 0 Å². The molecule has 1 aromatic heterocycles. The van der Waals surface area contributed by atoms with Crippen LogP contribution in [-0.2, 0) is 6.54 Å². The van der Waals surface area contributed by atoms with Crippen LogP contribution >= 0.6 is 11.8 Å². The lowest BCUT2D eigenvalue weighted by molar-refractivity contribution is -0.706. The predicted molar refractivity (Wildman–Crippen MR) is 59.7 cm³/mol. The number of nitrogens with two attached hydrogens (primary N) is 1. The highest BCUT2D eigenvalue weighted by Gasteiger charge is 2.20. The van der Waals surface area contributed by atoms with E-state index in [4.69, 9.17) is 5.84 Å². The normalized spacial score (nSPS) is 10.3. The lowest BCUT2D eigenvalue weighted by atomic mass is 10.3. The fraction of sp³-hybridized carbons (Fsp3) is 0.300. The second kappa shape index (κ2) is 5.07. The van der Waals surface area contributed by atoms with Crippen LogP contribution in [0.5, 0.6) is 0 Å². The van der Waals surface area contributed by atoms with Crippen molar-refractivity contribution >= 4 is 22.8 Å². The molecule has 82 valence electrons. The van der Waals surface area contributed by atoms with Crippen LogP contribution in [0.4, 0.5) is 0 Å². The zero-order valence-electron chi connectivity index (χ0n) is 8.77. The van der Waals surface area contributed by atoms with E-state index in [-0.39, 0.29) is 24.0 Å².